The number of nitrogens with one attached hydrogen (secondary N) is 2. The quantitative estimate of drug-likeness (QED) is 0.411. The van der Waals surface area contributed by atoms with Crippen LogP contribution >= 0.6 is 0 Å². The zero-order chi connectivity index (χ0) is 18.6. The van der Waals surface area contributed by atoms with Crippen molar-refractivity contribution in [2.24, 2.45) is 4.99 Å². The maximum absolute atomic E-state index is 5.27. The van der Waals surface area contributed by atoms with Gasteiger partial charge in [-0.25, -0.2) is 4.99 Å². The fraction of sp³-hybridized carbons (Fsp3) is 0.381. The van der Waals surface area contributed by atoms with E-state index in [1.807, 2.05) is 36.4 Å². The maximum atomic E-state index is 5.27. The van der Waals surface area contributed by atoms with E-state index in [2.05, 4.69) is 34.7 Å². The molecular weight excluding hydrogens is 326 g/mol. The number of aryl methyl sites for hydroxylation is 1. The number of aliphatic imine (C=N–C) groups is 1. The predicted octanol–water partition coefficient (Wildman–Crippen LogP) is 3.39. The van der Waals surface area contributed by atoms with E-state index in [9.17, 15) is 0 Å². The summed E-state index contributed by atoms with van der Waals surface area (Å²) in [6.07, 6.45) is 2.03. The molecule has 0 aliphatic rings. The van der Waals surface area contributed by atoms with E-state index < -0.39 is 0 Å². The number of benzene rings is 2. The molecule has 5 nitrogen and oxygen atoms in total. The molecule has 2 aromatic rings. The summed E-state index contributed by atoms with van der Waals surface area (Å²) in [5.41, 5.74) is 2.44. The van der Waals surface area contributed by atoms with Crippen LogP contribution in [0.5, 0.6) is 11.5 Å². The van der Waals surface area contributed by atoms with Gasteiger partial charge in [0.05, 0.1) is 20.8 Å². The summed E-state index contributed by atoms with van der Waals surface area (Å²) in [4.78, 5) is 4.64. The molecule has 0 amide bonds. The van der Waals surface area contributed by atoms with Crippen LogP contribution in [-0.2, 0) is 13.0 Å². The first-order valence-corrected chi connectivity index (χ1v) is 9.03. The Hall–Kier alpha value is -2.69. The predicted molar refractivity (Wildman–Crippen MR) is 107 cm³/mol. The van der Waals surface area contributed by atoms with Gasteiger partial charge in [-0.1, -0.05) is 24.3 Å². The molecule has 26 heavy (non-hydrogen) atoms. The number of methoxy groups -OCH3 is 2. The molecule has 0 saturated heterocycles. The number of ether oxygens (including phenoxy) is 2. The molecule has 0 heterocycles. The van der Waals surface area contributed by atoms with Crippen molar-refractivity contribution in [3.05, 3.63) is 59.7 Å². The molecule has 0 aliphatic heterocycles. The Kier molecular flexibility index (Phi) is 8.33. The van der Waals surface area contributed by atoms with Gasteiger partial charge in [-0.15, -0.1) is 0 Å². The van der Waals surface area contributed by atoms with Gasteiger partial charge in [-0.05, 0) is 55.2 Å². The molecule has 140 valence electrons. The third-order valence-corrected chi connectivity index (χ3v) is 3.99. The van der Waals surface area contributed by atoms with Gasteiger partial charge in [0.25, 0.3) is 0 Å². The second-order valence-electron chi connectivity index (χ2n) is 5.93. The normalized spacial score (nSPS) is 11.1. The van der Waals surface area contributed by atoms with Gasteiger partial charge < -0.3 is 20.1 Å². The van der Waals surface area contributed by atoms with Crippen LogP contribution in [-0.4, -0.2) is 33.3 Å². The summed E-state index contributed by atoms with van der Waals surface area (Å²) in [5.74, 6) is 2.61. The van der Waals surface area contributed by atoms with Crippen LogP contribution in [0.3, 0.4) is 0 Å². The van der Waals surface area contributed by atoms with E-state index in [0.717, 1.165) is 49.0 Å². The molecule has 0 unspecified atom stereocenters. The van der Waals surface area contributed by atoms with E-state index in [1.165, 1.54) is 5.56 Å². The minimum Gasteiger partial charge on any atom is -0.497 e. The number of rotatable bonds is 9. The minimum atomic E-state index is 0.634. The molecule has 0 saturated carbocycles. The summed E-state index contributed by atoms with van der Waals surface area (Å²) < 4.78 is 10.4. The van der Waals surface area contributed by atoms with Gasteiger partial charge in [0, 0.05) is 13.1 Å². The Bertz CT molecular complexity index is 684. The smallest absolute Gasteiger partial charge is 0.191 e. The van der Waals surface area contributed by atoms with Crippen LogP contribution in [0.15, 0.2) is 53.5 Å². The monoisotopic (exact) mass is 355 g/mol. The molecule has 0 aliphatic carbocycles. The van der Waals surface area contributed by atoms with E-state index >= 15 is 0 Å². The lowest BCUT2D eigenvalue weighted by Gasteiger charge is -2.11. The SMILES string of the molecule is CCNC(=NCc1ccc(OC)cc1)NCCCc1cccc(OC)c1. The van der Waals surface area contributed by atoms with E-state index in [4.69, 9.17) is 9.47 Å². The third-order valence-electron chi connectivity index (χ3n) is 3.99. The second-order valence-corrected chi connectivity index (χ2v) is 5.93. The number of hydrogen-bond donors (Lipinski definition) is 2. The molecule has 0 atom stereocenters. The van der Waals surface area contributed by atoms with Crippen molar-refractivity contribution in [2.75, 3.05) is 27.3 Å². The fourth-order valence-electron chi connectivity index (χ4n) is 2.57. The molecule has 2 aromatic carbocycles. The van der Waals surface area contributed by atoms with Gasteiger partial charge in [0.1, 0.15) is 11.5 Å². The van der Waals surface area contributed by atoms with E-state index in [0.29, 0.717) is 6.54 Å². The summed E-state index contributed by atoms with van der Waals surface area (Å²) >= 11 is 0. The second kappa shape index (κ2) is 11.0. The third kappa shape index (κ3) is 6.67. The first-order valence-electron chi connectivity index (χ1n) is 9.03. The highest BCUT2D eigenvalue weighted by Gasteiger charge is 2.00. The summed E-state index contributed by atoms with van der Waals surface area (Å²) in [6.45, 7) is 4.41. The summed E-state index contributed by atoms with van der Waals surface area (Å²) in [5, 5.41) is 6.68. The zero-order valence-corrected chi connectivity index (χ0v) is 15.9. The lowest BCUT2D eigenvalue weighted by molar-refractivity contribution is 0.414. The maximum Gasteiger partial charge on any atom is 0.191 e. The number of nitrogens with zero attached hydrogens (tertiary/aromatic N) is 1. The highest BCUT2D eigenvalue weighted by atomic mass is 16.5. The van der Waals surface area contributed by atoms with Gasteiger partial charge in [0.15, 0.2) is 5.96 Å². The standard InChI is InChI=1S/C21H29N3O2/c1-4-22-21(24-16-18-10-12-19(25-2)13-11-18)23-14-6-8-17-7-5-9-20(15-17)26-3/h5,7,9-13,15H,4,6,8,14,16H2,1-3H3,(H2,22,23,24). The average molecular weight is 355 g/mol. The van der Waals surface area contributed by atoms with Crippen molar-refractivity contribution in [1.29, 1.82) is 0 Å². The van der Waals surface area contributed by atoms with Crippen molar-refractivity contribution >= 4 is 5.96 Å². The average Bonchev–Trinajstić information content (AvgIpc) is 2.69. The van der Waals surface area contributed by atoms with E-state index in [1.54, 1.807) is 14.2 Å². The molecule has 0 bridgehead atoms. The van der Waals surface area contributed by atoms with Crippen LogP contribution in [0.25, 0.3) is 0 Å². The first kappa shape index (κ1) is 19.6. The highest BCUT2D eigenvalue weighted by molar-refractivity contribution is 5.79. The molecule has 0 spiro atoms. The van der Waals surface area contributed by atoms with Gasteiger partial charge in [-0.2, -0.15) is 0 Å². The molecule has 5 heteroatoms. The molecular formula is C21H29N3O2. The summed E-state index contributed by atoms with van der Waals surface area (Å²) in [6, 6.07) is 16.2. The number of hydrogen-bond acceptors (Lipinski definition) is 3. The van der Waals surface area contributed by atoms with Gasteiger partial charge >= 0.3 is 0 Å². The zero-order valence-electron chi connectivity index (χ0n) is 15.9. The summed E-state index contributed by atoms with van der Waals surface area (Å²) in [7, 11) is 3.37. The van der Waals surface area contributed by atoms with Crippen molar-refractivity contribution < 1.29 is 9.47 Å². The Morgan fingerprint density at radius 3 is 2.38 bits per heavy atom. The van der Waals surface area contributed by atoms with E-state index in [-0.39, 0.29) is 0 Å². The molecule has 0 radical (unpaired) electrons. The van der Waals surface area contributed by atoms with Crippen LogP contribution in [0.4, 0.5) is 0 Å². The lowest BCUT2D eigenvalue weighted by Crippen LogP contribution is -2.37. The molecule has 2 N–H and O–H groups in total. The largest absolute Gasteiger partial charge is 0.497 e. The van der Waals surface area contributed by atoms with Crippen molar-refractivity contribution in [3.8, 4) is 11.5 Å². The lowest BCUT2D eigenvalue weighted by atomic mass is 10.1. The van der Waals surface area contributed by atoms with Crippen molar-refractivity contribution in [1.82, 2.24) is 10.6 Å². The molecule has 0 fully saturated rings. The number of guanidine groups is 1. The van der Waals surface area contributed by atoms with Gasteiger partial charge in [0.2, 0.25) is 0 Å². The van der Waals surface area contributed by atoms with Crippen molar-refractivity contribution in [3.63, 3.8) is 0 Å². The molecule has 2 rings (SSSR count). The topological polar surface area (TPSA) is 54.9 Å². The highest BCUT2D eigenvalue weighted by Crippen LogP contribution is 2.14. The minimum absolute atomic E-state index is 0.634. The van der Waals surface area contributed by atoms with Crippen LogP contribution in [0, 0.1) is 0 Å². The van der Waals surface area contributed by atoms with Crippen LogP contribution < -0.4 is 20.1 Å². The fourth-order valence-corrected chi connectivity index (χ4v) is 2.57. The molecule has 0 aromatic heterocycles. The van der Waals surface area contributed by atoms with Crippen molar-refractivity contribution in [2.45, 2.75) is 26.3 Å². The Morgan fingerprint density at radius 1 is 0.923 bits per heavy atom. The van der Waals surface area contributed by atoms with Crippen LogP contribution in [0.1, 0.15) is 24.5 Å². The van der Waals surface area contributed by atoms with Gasteiger partial charge in [-0.3, -0.25) is 0 Å². The van der Waals surface area contributed by atoms with Crippen LogP contribution in [0.2, 0.25) is 0 Å². The Balaban J connectivity index is 1.80. The Morgan fingerprint density at radius 2 is 1.69 bits per heavy atom. The first-order chi connectivity index (χ1) is 12.7. The Labute approximate surface area is 156 Å².